The fraction of sp³-hybridized carbons (Fsp3) is 0.391. The molecule has 1 radical (unpaired) electrons. The molecule has 6 heteroatoms. The first-order chi connectivity index (χ1) is 12.2. The molecule has 2 aliphatic rings. The molecule has 0 bridgehead atoms. The van der Waals surface area contributed by atoms with Gasteiger partial charge >= 0.3 is 26.2 Å². The van der Waals surface area contributed by atoms with E-state index in [0.717, 1.165) is 13.0 Å². The van der Waals surface area contributed by atoms with E-state index in [4.69, 9.17) is 4.43 Å². The van der Waals surface area contributed by atoms with Crippen LogP contribution in [0.4, 0.5) is 0 Å². The minimum absolute atomic E-state index is 0. The largest absolute Gasteiger partial charge is 3.00 e. The van der Waals surface area contributed by atoms with Gasteiger partial charge in [0.05, 0.1) is 8.07 Å². The second-order valence-electron chi connectivity index (χ2n) is 8.84. The fourth-order valence-electron chi connectivity index (χ4n) is 3.82. The Morgan fingerprint density at radius 2 is 1.72 bits per heavy atom. The van der Waals surface area contributed by atoms with Crippen LogP contribution in [0.5, 0.6) is 0 Å². The molecule has 2 aliphatic carbocycles. The molecule has 29 heavy (non-hydrogen) atoms. The van der Waals surface area contributed by atoms with Gasteiger partial charge in [0.25, 0.3) is 0 Å². The summed E-state index contributed by atoms with van der Waals surface area (Å²) >= 11 is 0. The Kier molecular flexibility index (Phi) is 11.6. The van der Waals surface area contributed by atoms with Crippen LogP contribution in [0, 0.1) is 6.08 Å². The van der Waals surface area contributed by atoms with Gasteiger partial charge in [-0.25, -0.2) is 0 Å². The van der Waals surface area contributed by atoms with Crippen molar-refractivity contribution in [3.8, 4) is 0 Å². The van der Waals surface area contributed by atoms with E-state index in [2.05, 4.69) is 88.2 Å². The predicted octanol–water partition coefficient (Wildman–Crippen LogP) is 0.542. The zero-order valence-electron chi connectivity index (χ0n) is 18.3. The molecule has 0 amide bonds. The quantitative estimate of drug-likeness (QED) is 0.378. The zero-order valence-corrected chi connectivity index (χ0v) is 24.3. The number of hydrogen-bond acceptors (Lipinski definition) is 1. The molecule has 0 atom stereocenters. The third kappa shape index (κ3) is 6.76. The monoisotopic (exact) mass is 539 g/mol. The Morgan fingerprint density at radius 1 is 1.07 bits per heavy atom. The van der Waals surface area contributed by atoms with Crippen molar-refractivity contribution in [2.45, 2.75) is 52.1 Å². The number of benzene rings is 1. The van der Waals surface area contributed by atoms with Crippen molar-refractivity contribution in [2.24, 2.45) is 0 Å². The fourth-order valence-corrected chi connectivity index (χ4v) is 7.24. The molecule has 0 aliphatic heterocycles. The van der Waals surface area contributed by atoms with Gasteiger partial charge < -0.3 is 29.2 Å². The van der Waals surface area contributed by atoms with Gasteiger partial charge in [-0.3, -0.25) is 0 Å². The molecule has 0 saturated heterocycles. The number of halogens is 2. The van der Waals surface area contributed by atoms with Crippen LogP contribution in [0.3, 0.4) is 0 Å². The van der Waals surface area contributed by atoms with Gasteiger partial charge in [0.2, 0.25) is 0 Å². The molecule has 1 aromatic rings. The van der Waals surface area contributed by atoms with E-state index in [1.54, 1.807) is 5.20 Å². The van der Waals surface area contributed by atoms with Gasteiger partial charge in [0.15, 0.2) is 8.32 Å². The van der Waals surface area contributed by atoms with Crippen LogP contribution in [0.15, 0.2) is 58.8 Å². The van der Waals surface area contributed by atoms with E-state index in [-0.39, 0.29) is 51.0 Å². The standard InChI is InChI=1S/C23H31OSi2.2ClH.Zr/c1-7-19-20-12-9-8-11-18(20)17-22(19)21-13-10-14-23(21)26(5,6)16-15-24-25(2,3)4;;;/h7-12,14H,13,15-16H2,1-6H3;2*1H;/q-1;;;+3/p-2. The molecule has 1 aromatic carbocycles. The number of hydrogen-bond donors (Lipinski definition) is 0. The molecule has 0 aromatic heterocycles. The van der Waals surface area contributed by atoms with Gasteiger partial charge in [0.1, 0.15) is 0 Å². The van der Waals surface area contributed by atoms with E-state index in [1.165, 1.54) is 33.9 Å². The smallest absolute Gasteiger partial charge is 1.00 e. The number of rotatable bonds is 6. The molecule has 0 unspecified atom stereocenters. The first-order valence-corrected chi connectivity index (χ1v) is 16.3. The molecule has 0 N–H and O–H groups in total. The van der Waals surface area contributed by atoms with Crippen molar-refractivity contribution in [3.05, 3.63) is 76.0 Å². The summed E-state index contributed by atoms with van der Waals surface area (Å²) in [7, 11) is -2.98. The van der Waals surface area contributed by atoms with Crippen molar-refractivity contribution in [2.75, 3.05) is 6.61 Å². The number of fused-ring (bicyclic) bond motifs is 1. The first kappa shape index (κ1) is 29.0. The summed E-state index contributed by atoms with van der Waals surface area (Å²) in [5.41, 5.74) is 6.72. The summed E-state index contributed by atoms with van der Waals surface area (Å²) in [6, 6.07) is 9.82. The minimum atomic E-state index is -1.54. The second kappa shape index (κ2) is 11.6. The third-order valence-corrected chi connectivity index (χ3v) is 9.71. The van der Waals surface area contributed by atoms with E-state index >= 15 is 0 Å². The summed E-state index contributed by atoms with van der Waals surface area (Å²) in [5.74, 6) is 0. The molecule has 0 heterocycles. The van der Waals surface area contributed by atoms with Gasteiger partial charge in [-0.1, -0.05) is 55.6 Å². The summed E-state index contributed by atoms with van der Waals surface area (Å²) in [5, 5.41) is 1.59. The topological polar surface area (TPSA) is 9.23 Å². The van der Waals surface area contributed by atoms with E-state index in [9.17, 15) is 0 Å². The Labute approximate surface area is 210 Å². The Hall–Kier alpha value is 0.0369. The summed E-state index contributed by atoms with van der Waals surface area (Å²) in [6.45, 7) is 14.8. The van der Waals surface area contributed by atoms with Crippen molar-refractivity contribution < 1.29 is 55.4 Å². The van der Waals surface area contributed by atoms with Crippen LogP contribution in [-0.2, 0) is 30.6 Å². The third-order valence-electron chi connectivity index (χ3n) is 5.26. The predicted molar refractivity (Wildman–Crippen MR) is 118 cm³/mol. The average Bonchev–Trinajstić information content (AvgIpc) is 3.17. The van der Waals surface area contributed by atoms with Gasteiger partial charge in [-0.15, -0.1) is 46.1 Å². The van der Waals surface area contributed by atoms with Crippen molar-refractivity contribution >= 4 is 22.0 Å². The summed E-state index contributed by atoms with van der Waals surface area (Å²) < 4.78 is 6.17. The van der Waals surface area contributed by atoms with Crippen LogP contribution in [-0.4, -0.2) is 23.0 Å². The van der Waals surface area contributed by atoms with Crippen LogP contribution < -0.4 is 24.8 Å². The van der Waals surface area contributed by atoms with Gasteiger partial charge in [-0.2, -0.15) is 0 Å². The van der Waals surface area contributed by atoms with Crippen molar-refractivity contribution in [3.63, 3.8) is 0 Å². The number of allylic oxidation sites excluding steroid dienone is 7. The van der Waals surface area contributed by atoms with Crippen LogP contribution in [0.25, 0.3) is 5.57 Å². The first-order valence-electron chi connectivity index (χ1n) is 9.67. The van der Waals surface area contributed by atoms with Gasteiger partial charge in [0, 0.05) is 6.61 Å². The SMILES string of the molecule is CC=C1C(C2=C([Si](C)(C)CCO[Si](C)(C)C)C=CC2)=[C-]c2ccccc21.[Cl-].[Cl-].[Zr+3]. The molecular weight excluding hydrogens is 511 g/mol. The molecule has 0 saturated carbocycles. The average molecular weight is 542 g/mol. The Morgan fingerprint density at radius 3 is 2.34 bits per heavy atom. The van der Waals surface area contributed by atoms with E-state index < -0.39 is 16.4 Å². The minimum Gasteiger partial charge on any atom is -1.00 e. The van der Waals surface area contributed by atoms with Crippen molar-refractivity contribution in [1.82, 2.24) is 0 Å². The maximum Gasteiger partial charge on any atom is 3.00 e. The Balaban J connectivity index is 0.00000261. The van der Waals surface area contributed by atoms with E-state index in [0.29, 0.717) is 0 Å². The van der Waals surface area contributed by atoms with E-state index in [1.807, 2.05) is 0 Å². The van der Waals surface area contributed by atoms with Crippen LogP contribution in [0.2, 0.25) is 38.8 Å². The summed E-state index contributed by atoms with van der Waals surface area (Å²) in [6.07, 6.45) is 11.7. The zero-order chi connectivity index (χ0) is 18.9. The Bertz CT molecular complexity index is 834. The molecule has 0 fully saturated rings. The molecule has 3 rings (SSSR count). The van der Waals surface area contributed by atoms with Crippen LogP contribution >= 0.6 is 0 Å². The summed E-state index contributed by atoms with van der Waals surface area (Å²) in [4.78, 5) is 0. The molecule has 155 valence electrons. The molecular formula is C23H31Cl2OSi2Zr. The van der Waals surface area contributed by atoms with Gasteiger partial charge in [-0.05, 0) is 32.1 Å². The molecule has 0 spiro atoms. The normalized spacial score (nSPS) is 16.8. The molecule has 1 nitrogen and oxygen atoms in total. The van der Waals surface area contributed by atoms with Crippen LogP contribution in [0.1, 0.15) is 24.5 Å². The maximum atomic E-state index is 6.17. The van der Waals surface area contributed by atoms with Crippen molar-refractivity contribution in [1.29, 1.82) is 0 Å². The second-order valence-corrected chi connectivity index (χ2v) is 18.2. The maximum absolute atomic E-state index is 6.17.